The molecule has 4 nitrogen and oxygen atoms in total. The Labute approximate surface area is 121 Å². The van der Waals surface area contributed by atoms with Gasteiger partial charge in [0.15, 0.2) is 0 Å². The molecule has 3 rings (SSSR count). The fourth-order valence-corrected chi connectivity index (χ4v) is 3.01. The summed E-state index contributed by atoms with van der Waals surface area (Å²) in [4.78, 5) is 0. The number of nitrogens with one attached hydrogen (secondary N) is 1. The Balaban J connectivity index is 1.62. The summed E-state index contributed by atoms with van der Waals surface area (Å²) in [7, 11) is 0. The molecule has 0 bridgehead atoms. The van der Waals surface area contributed by atoms with Crippen molar-refractivity contribution >= 4 is 0 Å². The van der Waals surface area contributed by atoms with E-state index in [2.05, 4.69) is 15.5 Å². The molecule has 0 amide bonds. The van der Waals surface area contributed by atoms with Crippen LogP contribution in [0.15, 0.2) is 4.42 Å². The SMILES string of the molecule is FC(F)(F)C1CCCCC1c1nnc(CCNC2CC2)o1. The zero-order chi connectivity index (χ0) is 14.9. The van der Waals surface area contributed by atoms with Crippen molar-refractivity contribution in [1.29, 1.82) is 0 Å². The number of aromatic nitrogens is 2. The largest absolute Gasteiger partial charge is 0.425 e. The Morgan fingerprint density at radius 1 is 1.10 bits per heavy atom. The van der Waals surface area contributed by atoms with E-state index in [1.54, 1.807) is 0 Å². The minimum absolute atomic E-state index is 0.162. The van der Waals surface area contributed by atoms with Crippen LogP contribution in [0, 0.1) is 5.92 Å². The van der Waals surface area contributed by atoms with Crippen molar-refractivity contribution in [2.45, 2.75) is 63.1 Å². The monoisotopic (exact) mass is 303 g/mol. The van der Waals surface area contributed by atoms with Gasteiger partial charge in [-0.15, -0.1) is 10.2 Å². The van der Waals surface area contributed by atoms with E-state index in [9.17, 15) is 13.2 Å². The maximum atomic E-state index is 13.1. The van der Waals surface area contributed by atoms with Crippen molar-refractivity contribution in [2.75, 3.05) is 6.54 Å². The standard InChI is InChI=1S/C14H20F3N3O/c15-14(16,17)11-4-2-1-3-10(11)13-20-19-12(21-13)7-8-18-9-5-6-9/h9-11,18H,1-8H2. The Kier molecular flexibility index (Phi) is 4.19. The summed E-state index contributed by atoms with van der Waals surface area (Å²) in [6, 6.07) is 0.598. The minimum Gasteiger partial charge on any atom is -0.425 e. The van der Waals surface area contributed by atoms with Gasteiger partial charge in [-0.1, -0.05) is 12.8 Å². The molecule has 2 unspecified atom stereocenters. The zero-order valence-corrected chi connectivity index (χ0v) is 11.8. The van der Waals surface area contributed by atoms with Crippen molar-refractivity contribution in [3.8, 4) is 0 Å². The number of nitrogens with zero attached hydrogens (tertiary/aromatic N) is 2. The predicted octanol–water partition coefficient (Wildman–Crippen LogP) is 3.20. The van der Waals surface area contributed by atoms with Crippen LogP contribution in [-0.4, -0.2) is 29.0 Å². The summed E-state index contributed by atoms with van der Waals surface area (Å²) in [5.74, 6) is -1.41. The molecule has 1 N–H and O–H groups in total. The second-order valence-electron chi connectivity index (χ2n) is 6.05. The van der Waals surface area contributed by atoms with Crippen molar-refractivity contribution in [1.82, 2.24) is 15.5 Å². The third-order valence-electron chi connectivity index (χ3n) is 4.34. The number of alkyl halides is 3. The number of hydrogen-bond donors (Lipinski definition) is 1. The molecule has 118 valence electrons. The van der Waals surface area contributed by atoms with Crippen molar-refractivity contribution in [3.63, 3.8) is 0 Å². The Hall–Kier alpha value is -1.11. The molecule has 1 aromatic rings. The van der Waals surface area contributed by atoms with Gasteiger partial charge in [-0.3, -0.25) is 0 Å². The predicted molar refractivity (Wildman–Crippen MR) is 69.8 cm³/mol. The fourth-order valence-electron chi connectivity index (χ4n) is 3.01. The molecule has 0 spiro atoms. The van der Waals surface area contributed by atoms with Gasteiger partial charge in [-0.05, 0) is 25.7 Å². The molecule has 1 heterocycles. The van der Waals surface area contributed by atoms with E-state index in [-0.39, 0.29) is 12.3 Å². The number of rotatable bonds is 5. The van der Waals surface area contributed by atoms with Crippen LogP contribution in [0.1, 0.15) is 56.2 Å². The maximum absolute atomic E-state index is 13.1. The van der Waals surface area contributed by atoms with E-state index >= 15 is 0 Å². The van der Waals surface area contributed by atoms with E-state index < -0.39 is 18.0 Å². The molecule has 21 heavy (non-hydrogen) atoms. The summed E-state index contributed by atoms with van der Waals surface area (Å²) in [6.07, 6.45) is 0.835. The Morgan fingerprint density at radius 2 is 1.86 bits per heavy atom. The Morgan fingerprint density at radius 3 is 2.57 bits per heavy atom. The van der Waals surface area contributed by atoms with Gasteiger partial charge in [0, 0.05) is 24.9 Å². The van der Waals surface area contributed by atoms with Gasteiger partial charge in [0.1, 0.15) is 0 Å². The van der Waals surface area contributed by atoms with Gasteiger partial charge in [0.05, 0.1) is 5.92 Å². The molecule has 2 fully saturated rings. The second kappa shape index (κ2) is 5.94. The highest BCUT2D eigenvalue weighted by Gasteiger charge is 2.47. The molecule has 0 aromatic carbocycles. The average Bonchev–Trinajstić information content (AvgIpc) is 3.14. The van der Waals surface area contributed by atoms with Gasteiger partial charge in [-0.25, -0.2) is 0 Å². The molecule has 0 radical (unpaired) electrons. The highest BCUT2D eigenvalue weighted by atomic mass is 19.4. The number of halogens is 3. The van der Waals surface area contributed by atoms with Crippen molar-refractivity contribution in [2.24, 2.45) is 5.92 Å². The van der Waals surface area contributed by atoms with Gasteiger partial charge >= 0.3 is 6.18 Å². The maximum Gasteiger partial charge on any atom is 0.392 e. The van der Waals surface area contributed by atoms with Crippen molar-refractivity contribution < 1.29 is 17.6 Å². The lowest BCUT2D eigenvalue weighted by Gasteiger charge is -2.30. The fraction of sp³-hybridized carbons (Fsp3) is 0.857. The first-order valence-corrected chi connectivity index (χ1v) is 7.66. The van der Waals surface area contributed by atoms with Crippen LogP contribution >= 0.6 is 0 Å². The summed E-state index contributed by atoms with van der Waals surface area (Å²) in [5, 5.41) is 11.1. The molecule has 2 saturated carbocycles. The molecular formula is C14H20F3N3O. The smallest absolute Gasteiger partial charge is 0.392 e. The van der Waals surface area contributed by atoms with Gasteiger partial charge in [-0.2, -0.15) is 13.2 Å². The van der Waals surface area contributed by atoms with Gasteiger partial charge in [0.25, 0.3) is 0 Å². The lowest BCUT2D eigenvalue weighted by atomic mass is 9.79. The van der Waals surface area contributed by atoms with E-state index in [0.29, 0.717) is 31.2 Å². The first-order valence-electron chi connectivity index (χ1n) is 7.66. The molecular weight excluding hydrogens is 283 g/mol. The topological polar surface area (TPSA) is 51.0 Å². The summed E-state index contributed by atoms with van der Waals surface area (Å²) >= 11 is 0. The van der Waals surface area contributed by atoms with E-state index in [1.807, 2.05) is 0 Å². The van der Waals surface area contributed by atoms with Crippen LogP contribution in [0.5, 0.6) is 0 Å². The van der Waals surface area contributed by atoms with Crippen LogP contribution in [0.3, 0.4) is 0 Å². The first-order chi connectivity index (χ1) is 10.0. The lowest BCUT2D eigenvalue weighted by molar-refractivity contribution is -0.188. The minimum atomic E-state index is -4.19. The highest BCUT2D eigenvalue weighted by molar-refractivity contribution is 4.99. The summed E-state index contributed by atoms with van der Waals surface area (Å²) in [5.41, 5.74) is 0. The van der Waals surface area contributed by atoms with E-state index in [0.717, 1.165) is 13.0 Å². The summed E-state index contributed by atoms with van der Waals surface area (Å²) < 4.78 is 44.7. The first kappa shape index (κ1) is 14.8. The van der Waals surface area contributed by atoms with Crippen LogP contribution in [0.2, 0.25) is 0 Å². The molecule has 2 atom stereocenters. The molecule has 2 aliphatic rings. The summed E-state index contributed by atoms with van der Waals surface area (Å²) in [6.45, 7) is 0.736. The van der Waals surface area contributed by atoms with Crippen LogP contribution < -0.4 is 5.32 Å². The molecule has 0 saturated heterocycles. The molecule has 1 aromatic heterocycles. The third-order valence-corrected chi connectivity index (χ3v) is 4.34. The molecule has 0 aliphatic heterocycles. The normalized spacial score (nSPS) is 27.0. The Bertz CT molecular complexity index is 470. The molecule has 7 heteroatoms. The third kappa shape index (κ3) is 3.75. The van der Waals surface area contributed by atoms with E-state index in [1.165, 1.54) is 12.8 Å². The highest BCUT2D eigenvalue weighted by Crippen LogP contribution is 2.45. The van der Waals surface area contributed by atoms with Crippen LogP contribution in [-0.2, 0) is 6.42 Å². The zero-order valence-electron chi connectivity index (χ0n) is 11.8. The number of hydrogen-bond acceptors (Lipinski definition) is 4. The quantitative estimate of drug-likeness (QED) is 0.907. The average molecular weight is 303 g/mol. The van der Waals surface area contributed by atoms with Gasteiger partial charge < -0.3 is 9.73 Å². The van der Waals surface area contributed by atoms with Crippen LogP contribution in [0.4, 0.5) is 13.2 Å². The second-order valence-corrected chi connectivity index (χ2v) is 6.05. The van der Waals surface area contributed by atoms with E-state index in [4.69, 9.17) is 4.42 Å². The van der Waals surface area contributed by atoms with Gasteiger partial charge in [0.2, 0.25) is 11.8 Å². The van der Waals surface area contributed by atoms with Crippen LogP contribution in [0.25, 0.3) is 0 Å². The molecule has 2 aliphatic carbocycles. The van der Waals surface area contributed by atoms with Crippen molar-refractivity contribution in [3.05, 3.63) is 11.8 Å². The lowest BCUT2D eigenvalue weighted by Crippen LogP contribution is -2.31.